The summed E-state index contributed by atoms with van der Waals surface area (Å²) < 4.78 is 2.14. The predicted octanol–water partition coefficient (Wildman–Crippen LogP) is 10.3. The number of fused-ring (bicyclic) bond motifs is 5. The molecule has 8 heteroatoms. The van der Waals surface area contributed by atoms with Gasteiger partial charge in [-0.2, -0.15) is 10.5 Å². The fourth-order valence-electron chi connectivity index (χ4n) is 8.35. The number of benzene rings is 7. The van der Waals surface area contributed by atoms with Crippen molar-refractivity contribution in [2.45, 2.75) is 13.1 Å². The molecule has 1 aliphatic heterocycles. The van der Waals surface area contributed by atoms with Crippen LogP contribution in [0.25, 0.3) is 61.7 Å². The highest BCUT2D eigenvalue weighted by Crippen LogP contribution is 2.43. The Morgan fingerprint density at radius 2 is 1.05 bits per heavy atom. The maximum atomic E-state index is 10.9. The summed E-state index contributed by atoms with van der Waals surface area (Å²) in [5.74, 6) is 1.28. The van der Waals surface area contributed by atoms with E-state index in [-0.39, 0.29) is 0 Å². The van der Waals surface area contributed by atoms with E-state index >= 15 is 0 Å². The van der Waals surface area contributed by atoms with E-state index in [1.807, 2.05) is 78.9 Å². The van der Waals surface area contributed by atoms with Crippen LogP contribution in [-0.2, 0) is 0 Å². The van der Waals surface area contributed by atoms with Crippen molar-refractivity contribution in [3.63, 3.8) is 0 Å². The summed E-state index contributed by atoms with van der Waals surface area (Å²) in [4.78, 5) is 17.0. The number of hydrogen-bond acceptors (Lipinski definition) is 6. The maximum absolute atomic E-state index is 10.9. The monoisotopic (exact) mass is 747 g/mol. The molecule has 0 aliphatic carbocycles. The number of hydrogen-bond donors (Lipinski definition) is 0. The van der Waals surface area contributed by atoms with Crippen molar-refractivity contribution in [3.05, 3.63) is 175 Å². The van der Waals surface area contributed by atoms with Gasteiger partial charge in [0, 0.05) is 44.5 Å². The van der Waals surface area contributed by atoms with Gasteiger partial charge in [0.2, 0.25) is 0 Å². The van der Waals surface area contributed by atoms with Crippen LogP contribution in [0.2, 0.25) is 13.1 Å². The van der Waals surface area contributed by atoms with Crippen LogP contribution in [-0.4, -0.2) is 27.6 Å². The fraction of sp³-hybridized carbons (Fsp3) is 0.0408. The standard InChI is InChI=1S/C49H33N7Si/c1-57(2)45-25-15-14-24-41(45)55(36-20-10-5-11-21-36)44-29-43-39(28-46(44)57)37-22-12-13-23-40(37)56(43)42-27-34(30-50)38(26-35(42)31-51)49-53-47(32-16-6-3-7-17-32)52-48(54-49)33-18-8-4-9-19-33/h3-29H,1-2H3. The van der Waals surface area contributed by atoms with Crippen LogP contribution >= 0.6 is 0 Å². The van der Waals surface area contributed by atoms with E-state index in [1.165, 1.54) is 16.1 Å². The molecule has 0 atom stereocenters. The summed E-state index contributed by atoms with van der Waals surface area (Å²) in [6.07, 6.45) is 0. The number of nitriles is 2. The molecule has 0 unspecified atom stereocenters. The number of para-hydroxylation sites is 3. The Labute approximate surface area is 331 Å². The lowest BCUT2D eigenvalue weighted by atomic mass is 10.0. The highest BCUT2D eigenvalue weighted by atomic mass is 28.3. The molecule has 2 aromatic heterocycles. The zero-order chi connectivity index (χ0) is 38.7. The van der Waals surface area contributed by atoms with E-state index in [0.29, 0.717) is 39.9 Å². The topological polar surface area (TPSA) is 94.4 Å². The molecule has 57 heavy (non-hydrogen) atoms. The van der Waals surface area contributed by atoms with Gasteiger partial charge in [-0.3, -0.25) is 0 Å². The Kier molecular flexibility index (Phi) is 7.89. The molecule has 10 rings (SSSR count). The Morgan fingerprint density at radius 3 is 1.72 bits per heavy atom. The van der Waals surface area contributed by atoms with E-state index in [0.717, 1.165) is 44.3 Å². The van der Waals surface area contributed by atoms with Gasteiger partial charge < -0.3 is 9.47 Å². The largest absolute Gasteiger partial charge is 0.311 e. The van der Waals surface area contributed by atoms with Gasteiger partial charge in [0.05, 0.1) is 33.9 Å². The smallest absolute Gasteiger partial charge is 0.165 e. The summed E-state index contributed by atoms with van der Waals surface area (Å²) in [7, 11) is -2.18. The van der Waals surface area contributed by atoms with Crippen molar-refractivity contribution in [3.8, 4) is 52.0 Å². The third kappa shape index (κ3) is 5.43. The van der Waals surface area contributed by atoms with Crippen molar-refractivity contribution in [1.29, 1.82) is 10.5 Å². The molecular formula is C49H33N7Si. The van der Waals surface area contributed by atoms with Crippen LogP contribution < -0.4 is 15.3 Å². The van der Waals surface area contributed by atoms with Crippen LogP contribution in [0.15, 0.2) is 164 Å². The van der Waals surface area contributed by atoms with Crippen molar-refractivity contribution < 1.29 is 0 Å². The second-order valence-electron chi connectivity index (χ2n) is 14.7. The second kappa shape index (κ2) is 13.3. The van der Waals surface area contributed by atoms with Crippen molar-refractivity contribution in [2.24, 2.45) is 0 Å². The van der Waals surface area contributed by atoms with Crippen molar-refractivity contribution >= 4 is 57.3 Å². The molecule has 7 aromatic carbocycles. The molecule has 0 N–H and O–H groups in total. The molecule has 0 amide bonds. The van der Waals surface area contributed by atoms with Crippen LogP contribution in [0, 0.1) is 22.7 Å². The fourth-order valence-corrected chi connectivity index (χ4v) is 11.3. The minimum Gasteiger partial charge on any atom is -0.311 e. The van der Waals surface area contributed by atoms with Crippen LogP contribution in [0.1, 0.15) is 11.1 Å². The molecule has 0 spiro atoms. The van der Waals surface area contributed by atoms with E-state index in [9.17, 15) is 10.5 Å². The lowest BCUT2D eigenvalue weighted by Gasteiger charge is -2.41. The SMILES string of the molecule is C[Si]1(C)c2ccccc2N(c2ccccc2)c2cc3c(cc21)c1ccccc1n3-c1cc(C#N)c(-c2nc(-c3ccccc3)nc(-c3ccccc3)n2)cc1C#N. The molecule has 0 fully saturated rings. The summed E-state index contributed by atoms with van der Waals surface area (Å²) >= 11 is 0. The van der Waals surface area contributed by atoms with Gasteiger partial charge in [0.25, 0.3) is 0 Å². The molecule has 0 bridgehead atoms. The van der Waals surface area contributed by atoms with Crippen molar-refractivity contribution in [1.82, 2.24) is 19.5 Å². The van der Waals surface area contributed by atoms with Crippen LogP contribution in [0.3, 0.4) is 0 Å². The molecular weight excluding hydrogens is 715 g/mol. The van der Waals surface area contributed by atoms with Gasteiger partial charge in [0.15, 0.2) is 17.5 Å². The van der Waals surface area contributed by atoms with Gasteiger partial charge in [-0.25, -0.2) is 15.0 Å². The number of rotatable bonds is 5. The second-order valence-corrected chi connectivity index (χ2v) is 19.1. The van der Waals surface area contributed by atoms with E-state index in [4.69, 9.17) is 15.0 Å². The normalized spacial score (nSPS) is 12.8. The number of aromatic nitrogens is 4. The zero-order valence-corrected chi connectivity index (χ0v) is 32.2. The quantitative estimate of drug-likeness (QED) is 0.163. The molecule has 9 aromatic rings. The van der Waals surface area contributed by atoms with Gasteiger partial charge in [0.1, 0.15) is 14.1 Å². The number of anilines is 3. The molecule has 0 saturated heterocycles. The Bertz CT molecular complexity index is 3070. The molecule has 3 heterocycles. The van der Waals surface area contributed by atoms with Crippen molar-refractivity contribution in [2.75, 3.05) is 4.90 Å². The Balaban J connectivity index is 1.23. The van der Waals surface area contributed by atoms with E-state index in [2.05, 4.69) is 114 Å². The average molecular weight is 748 g/mol. The lowest BCUT2D eigenvalue weighted by Crippen LogP contribution is -2.58. The Hall–Kier alpha value is -7.65. The maximum Gasteiger partial charge on any atom is 0.165 e. The average Bonchev–Trinajstić information content (AvgIpc) is 3.59. The first-order valence-corrected chi connectivity index (χ1v) is 21.8. The summed E-state index contributed by atoms with van der Waals surface area (Å²) in [6.45, 7) is 4.86. The van der Waals surface area contributed by atoms with Crippen LogP contribution in [0.5, 0.6) is 0 Å². The third-order valence-corrected chi connectivity index (χ3v) is 14.6. The van der Waals surface area contributed by atoms with Gasteiger partial charge in [-0.1, -0.05) is 134 Å². The Morgan fingerprint density at radius 1 is 0.474 bits per heavy atom. The molecule has 0 radical (unpaired) electrons. The first kappa shape index (κ1) is 33.9. The first-order valence-electron chi connectivity index (χ1n) is 18.8. The van der Waals surface area contributed by atoms with Crippen LogP contribution in [0.4, 0.5) is 17.1 Å². The molecule has 7 nitrogen and oxygen atoms in total. The number of nitrogens with zero attached hydrogens (tertiary/aromatic N) is 7. The van der Waals surface area contributed by atoms with E-state index < -0.39 is 8.07 Å². The highest BCUT2D eigenvalue weighted by molar-refractivity contribution is 7.02. The van der Waals surface area contributed by atoms with Gasteiger partial charge in [-0.15, -0.1) is 0 Å². The highest BCUT2D eigenvalue weighted by Gasteiger charge is 2.39. The van der Waals surface area contributed by atoms with E-state index in [1.54, 1.807) is 6.07 Å². The predicted molar refractivity (Wildman–Crippen MR) is 231 cm³/mol. The first-order chi connectivity index (χ1) is 27.9. The van der Waals surface area contributed by atoms with Gasteiger partial charge >= 0.3 is 0 Å². The third-order valence-electron chi connectivity index (χ3n) is 11.1. The minimum atomic E-state index is -2.18. The molecule has 0 saturated carbocycles. The lowest BCUT2D eigenvalue weighted by molar-refractivity contribution is 1.07. The summed E-state index contributed by atoms with van der Waals surface area (Å²) in [5.41, 5.74) is 8.75. The molecule has 1 aliphatic rings. The minimum absolute atomic E-state index is 0.322. The zero-order valence-electron chi connectivity index (χ0n) is 31.2. The molecule has 268 valence electrons. The van der Waals surface area contributed by atoms with Gasteiger partial charge in [-0.05, 0) is 52.8 Å². The summed E-state index contributed by atoms with van der Waals surface area (Å²) in [6, 6.07) is 60.2. The summed E-state index contributed by atoms with van der Waals surface area (Å²) in [5, 5.41) is 26.6.